The molecule has 0 heterocycles. The second-order valence-corrected chi connectivity index (χ2v) is 8.12. The molecule has 2 N–H and O–H groups in total. The molecule has 0 saturated heterocycles. The van der Waals surface area contributed by atoms with Gasteiger partial charge in [-0.1, -0.05) is 43.5 Å². The van der Waals surface area contributed by atoms with E-state index in [0.717, 1.165) is 12.1 Å². The van der Waals surface area contributed by atoms with Gasteiger partial charge in [-0.05, 0) is 29.9 Å². The number of nitrogens with one attached hydrogen (secondary N) is 2. The molecule has 2 rings (SSSR count). The molecule has 0 atom stereocenters. The first-order chi connectivity index (χ1) is 14.7. The molecule has 1 aliphatic rings. The Bertz CT molecular complexity index is 706. The van der Waals surface area contributed by atoms with Gasteiger partial charge in [0.2, 0.25) is 5.91 Å². The van der Waals surface area contributed by atoms with E-state index in [1.54, 1.807) is 26.2 Å². The van der Waals surface area contributed by atoms with Crippen LogP contribution in [-0.2, 0) is 22.7 Å². The van der Waals surface area contributed by atoms with Crippen LogP contribution in [0.1, 0.15) is 43.2 Å². The molecule has 32 heavy (non-hydrogen) atoms. The number of ether oxygens (including phenoxy) is 1. The standard InChI is InChI=1S/C22H33F3N4O2.HI/c1-29(2)20(30)14-28-21(26-12-17-6-4-3-5-7-17)27-13-18-8-10-19(11-9-18)15-31-16-22(23,24)25;/h8-11,17H,3-7,12-16H2,1-2H3,(H2,26,27,28);1H. The second-order valence-electron chi connectivity index (χ2n) is 8.12. The van der Waals surface area contributed by atoms with Crippen molar-refractivity contribution in [3.8, 4) is 0 Å². The fourth-order valence-electron chi connectivity index (χ4n) is 3.32. The van der Waals surface area contributed by atoms with Gasteiger partial charge in [-0.3, -0.25) is 4.79 Å². The zero-order valence-electron chi connectivity index (χ0n) is 18.7. The van der Waals surface area contributed by atoms with Crippen LogP contribution in [-0.4, -0.2) is 56.7 Å². The van der Waals surface area contributed by atoms with Gasteiger partial charge in [0.15, 0.2) is 5.96 Å². The summed E-state index contributed by atoms with van der Waals surface area (Å²) in [6.07, 6.45) is 1.89. The number of aliphatic imine (C=N–C) groups is 1. The van der Waals surface area contributed by atoms with Crippen LogP contribution in [0.5, 0.6) is 0 Å². The van der Waals surface area contributed by atoms with Gasteiger partial charge in [-0.2, -0.15) is 13.2 Å². The SMILES string of the molecule is CN(C)C(=O)CNC(=NCc1ccc(COCC(F)(F)F)cc1)NCC1CCCCC1.I. The van der Waals surface area contributed by atoms with Crippen LogP contribution < -0.4 is 10.6 Å². The van der Waals surface area contributed by atoms with Gasteiger partial charge in [-0.15, -0.1) is 24.0 Å². The lowest BCUT2D eigenvalue weighted by Gasteiger charge is -2.23. The lowest BCUT2D eigenvalue weighted by molar-refractivity contribution is -0.176. The zero-order valence-corrected chi connectivity index (χ0v) is 21.0. The Balaban J connectivity index is 0.00000512. The summed E-state index contributed by atoms with van der Waals surface area (Å²) in [5, 5.41) is 6.43. The molecule has 1 amide bonds. The summed E-state index contributed by atoms with van der Waals surface area (Å²) < 4.78 is 41.2. The minimum Gasteiger partial charge on any atom is -0.367 e. The number of guanidine groups is 1. The van der Waals surface area contributed by atoms with Crippen molar-refractivity contribution in [1.82, 2.24) is 15.5 Å². The smallest absolute Gasteiger partial charge is 0.367 e. The van der Waals surface area contributed by atoms with E-state index in [1.165, 1.54) is 37.0 Å². The summed E-state index contributed by atoms with van der Waals surface area (Å²) in [5.74, 6) is 1.15. The van der Waals surface area contributed by atoms with Crippen molar-refractivity contribution in [2.24, 2.45) is 10.9 Å². The Kier molecular flexibility index (Phi) is 13.0. The monoisotopic (exact) mass is 570 g/mol. The van der Waals surface area contributed by atoms with Crippen molar-refractivity contribution in [2.75, 3.05) is 33.8 Å². The summed E-state index contributed by atoms with van der Waals surface area (Å²) in [6, 6.07) is 7.11. The number of rotatable bonds is 9. The topological polar surface area (TPSA) is 66.0 Å². The van der Waals surface area contributed by atoms with E-state index < -0.39 is 12.8 Å². The van der Waals surface area contributed by atoms with E-state index in [-0.39, 0.29) is 43.0 Å². The van der Waals surface area contributed by atoms with Crippen LogP contribution >= 0.6 is 24.0 Å². The summed E-state index contributed by atoms with van der Waals surface area (Å²) in [5.41, 5.74) is 1.58. The number of carbonyl (C=O) groups excluding carboxylic acids is 1. The van der Waals surface area contributed by atoms with Gasteiger partial charge < -0.3 is 20.3 Å². The first kappa shape index (κ1) is 28.5. The van der Waals surface area contributed by atoms with Crippen molar-refractivity contribution >= 4 is 35.8 Å². The van der Waals surface area contributed by atoms with Crippen molar-refractivity contribution in [2.45, 2.75) is 51.4 Å². The van der Waals surface area contributed by atoms with E-state index in [4.69, 9.17) is 0 Å². The summed E-state index contributed by atoms with van der Waals surface area (Å²) in [4.78, 5) is 18.0. The summed E-state index contributed by atoms with van der Waals surface area (Å²) in [7, 11) is 3.41. The predicted octanol–water partition coefficient (Wildman–Crippen LogP) is 4.09. The summed E-state index contributed by atoms with van der Waals surface area (Å²) in [6.45, 7) is 0.00809. The Labute approximate surface area is 205 Å². The highest BCUT2D eigenvalue weighted by atomic mass is 127. The third-order valence-corrected chi connectivity index (χ3v) is 5.17. The molecule has 0 aromatic heterocycles. The number of amides is 1. The Morgan fingerprint density at radius 3 is 2.31 bits per heavy atom. The van der Waals surface area contributed by atoms with Gasteiger partial charge in [-0.25, -0.2) is 4.99 Å². The molecule has 6 nitrogen and oxygen atoms in total. The lowest BCUT2D eigenvalue weighted by Crippen LogP contribution is -2.44. The highest BCUT2D eigenvalue weighted by molar-refractivity contribution is 14.0. The maximum Gasteiger partial charge on any atom is 0.411 e. The second kappa shape index (κ2) is 14.6. The highest BCUT2D eigenvalue weighted by Gasteiger charge is 2.27. The Morgan fingerprint density at radius 1 is 1.09 bits per heavy atom. The van der Waals surface area contributed by atoms with Crippen molar-refractivity contribution in [3.63, 3.8) is 0 Å². The number of carbonyl (C=O) groups is 1. The first-order valence-electron chi connectivity index (χ1n) is 10.7. The van der Waals surface area contributed by atoms with Crippen molar-refractivity contribution in [3.05, 3.63) is 35.4 Å². The minimum atomic E-state index is -4.32. The van der Waals surface area contributed by atoms with Crippen molar-refractivity contribution in [1.29, 1.82) is 0 Å². The van der Waals surface area contributed by atoms with Crippen LogP contribution in [0.25, 0.3) is 0 Å². The molecule has 1 saturated carbocycles. The van der Waals surface area contributed by atoms with E-state index in [9.17, 15) is 18.0 Å². The molecule has 0 unspecified atom stereocenters. The molecule has 0 spiro atoms. The third kappa shape index (κ3) is 11.9. The number of hydrogen-bond donors (Lipinski definition) is 2. The van der Waals surface area contributed by atoms with Gasteiger partial charge in [0.05, 0.1) is 19.7 Å². The fourth-order valence-corrected chi connectivity index (χ4v) is 3.32. The van der Waals surface area contributed by atoms with E-state index in [1.807, 2.05) is 12.1 Å². The maximum atomic E-state index is 12.2. The van der Waals surface area contributed by atoms with Crippen LogP contribution in [0.2, 0.25) is 0 Å². The number of nitrogens with zero attached hydrogens (tertiary/aromatic N) is 2. The number of alkyl halides is 3. The molecule has 182 valence electrons. The van der Waals surface area contributed by atoms with Crippen LogP contribution in [0.3, 0.4) is 0 Å². The average Bonchev–Trinajstić information content (AvgIpc) is 2.73. The van der Waals surface area contributed by atoms with Crippen LogP contribution in [0, 0.1) is 5.92 Å². The van der Waals surface area contributed by atoms with Gasteiger partial charge >= 0.3 is 6.18 Å². The fraction of sp³-hybridized carbons (Fsp3) is 0.636. The molecule has 0 aliphatic heterocycles. The molecule has 0 bridgehead atoms. The van der Waals surface area contributed by atoms with E-state index in [2.05, 4.69) is 20.4 Å². The lowest BCUT2D eigenvalue weighted by atomic mass is 9.89. The normalized spacial score (nSPS) is 15.1. The number of benzene rings is 1. The Hall–Kier alpha value is -1.56. The average molecular weight is 570 g/mol. The van der Waals surface area contributed by atoms with Crippen LogP contribution in [0.15, 0.2) is 29.3 Å². The number of halogens is 4. The zero-order chi connectivity index (χ0) is 22.7. The van der Waals surface area contributed by atoms with Crippen LogP contribution in [0.4, 0.5) is 13.2 Å². The number of hydrogen-bond acceptors (Lipinski definition) is 3. The molecule has 1 aromatic carbocycles. The molecule has 0 radical (unpaired) electrons. The Morgan fingerprint density at radius 2 is 1.72 bits per heavy atom. The van der Waals surface area contributed by atoms with Gasteiger partial charge in [0.1, 0.15) is 6.61 Å². The quantitative estimate of drug-likeness (QED) is 0.267. The van der Waals surface area contributed by atoms with Crippen molar-refractivity contribution < 1.29 is 22.7 Å². The van der Waals surface area contributed by atoms with Gasteiger partial charge in [0.25, 0.3) is 0 Å². The molecule has 1 aliphatic carbocycles. The summed E-state index contributed by atoms with van der Waals surface area (Å²) >= 11 is 0. The highest BCUT2D eigenvalue weighted by Crippen LogP contribution is 2.22. The molecule has 10 heteroatoms. The first-order valence-corrected chi connectivity index (χ1v) is 10.7. The van der Waals surface area contributed by atoms with E-state index >= 15 is 0 Å². The maximum absolute atomic E-state index is 12.2. The molecule has 1 fully saturated rings. The molecular weight excluding hydrogens is 536 g/mol. The van der Waals surface area contributed by atoms with Gasteiger partial charge in [0, 0.05) is 20.6 Å². The van der Waals surface area contributed by atoms with E-state index in [0.29, 0.717) is 24.0 Å². The molecule has 1 aromatic rings. The largest absolute Gasteiger partial charge is 0.411 e. The molecular formula is C22H34F3IN4O2. The predicted molar refractivity (Wildman–Crippen MR) is 130 cm³/mol. The minimum absolute atomic E-state index is 0. The number of likely N-dealkylation sites (N-methyl/N-ethyl adjacent to an activating group) is 1. The third-order valence-electron chi connectivity index (χ3n) is 5.17.